The number of hydrogen-bond donors (Lipinski definition) is 4. The minimum Gasteiger partial charge on any atom is -0.453 e. The zero-order valence-corrected chi connectivity index (χ0v) is 38.9. The number of carbonyl (C=O) groups is 1. The molecule has 2 aliphatic carbocycles. The average Bonchev–Trinajstić information content (AvgIpc) is 3.93. The SMILES string of the molecule is C#Cc1nc2[nH]cc(F)c2cc1Oc1cc(N2CCC3(CC2)CN([C@H]2CCC[C@H]2c2ccccc2C(C)C)C3)ccc1C(=O)NS(=O)(=O)c1cnc(NCC2CCC(C)(O)CC2)c([N+](=O)[O-])c1. The minimum absolute atomic E-state index is 0.0211. The number of aromatic amines is 1. The van der Waals surface area contributed by atoms with Crippen molar-refractivity contribution in [2.45, 2.75) is 107 Å². The van der Waals surface area contributed by atoms with Gasteiger partial charge in [0.05, 0.1) is 27.7 Å². The summed E-state index contributed by atoms with van der Waals surface area (Å²) in [5, 5.41) is 25.5. The van der Waals surface area contributed by atoms with Crippen LogP contribution in [0.4, 0.5) is 21.6 Å². The van der Waals surface area contributed by atoms with Crippen LogP contribution in [0.25, 0.3) is 11.0 Å². The fourth-order valence-electron chi connectivity index (χ4n) is 10.8. The van der Waals surface area contributed by atoms with Crippen LogP contribution in [-0.2, 0) is 10.0 Å². The maximum absolute atomic E-state index is 14.8. The molecule has 3 aromatic heterocycles. The van der Waals surface area contributed by atoms with Crippen molar-refractivity contribution in [2.75, 3.05) is 42.9 Å². The number of hydrogen-bond acceptors (Lipinski definition) is 12. The van der Waals surface area contributed by atoms with Gasteiger partial charge < -0.3 is 25.0 Å². The normalized spacial score (nSPS) is 22.9. The Labute approximate surface area is 390 Å². The summed E-state index contributed by atoms with van der Waals surface area (Å²) in [6.45, 7) is 10.3. The Kier molecular flexibility index (Phi) is 12.5. The van der Waals surface area contributed by atoms with Crippen LogP contribution >= 0.6 is 0 Å². The van der Waals surface area contributed by atoms with Crippen LogP contribution < -0.4 is 19.7 Å². The fourth-order valence-corrected chi connectivity index (χ4v) is 11.8. The molecule has 9 rings (SSSR count). The molecule has 4 N–H and O–H groups in total. The Morgan fingerprint density at radius 3 is 2.54 bits per heavy atom. The molecule has 15 nitrogen and oxygen atoms in total. The topological polar surface area (TPSA) is 196 Å². The monoisotopic (exact) mass is 932 g/mol. The first kappa shape index (κ1) is 46.0. The smallest absolute Gasteiger partial charge is 0.312 e. The van der Waals surface area contributed by atoms with E-state index >= 15 is 0 Å². The van der Waals surface area contributed by atoms with E-state index in [1.54, 1.807) is 19.1 Å². The van der Waals surface area contributed by atoms with E-state index in [1.165, 1.54) is 42.5 Å². The third-order valence-electron chi connectivity index (χ3n) is 14.7. The van der Waals surface area contributed by atoms with Gasteiger partial charge in [0.25, 0.3) is 15.9 Å². The van der Waals surface area contributed by atoms with E-state index in [0.717, 1.165) is 63.2 Å². The zero-order chi connectivity index (χ0) is 47.3. The lowest BCUT2D eigenvalue weighted by Gasteiger charge is -2.57. The van der Waals surface area contributed by atoms with Crippen LogP contribution in [0.1, 0.15) is 118 Å². The molecular weight excluding hydrogens is 876 g/mol. The number of fused-ring (bicyclic) bond motifs is 1. The molecule has 4 fully saturated rings. The molecule has 2 saturated carbocycles. The van der Waals surface area contributed by atoms with Gasteiger partial charge in [-0.25, -0.2) is 27.5 Å². The van der Waals surface area contributed by atoms with Gasteiger partial charge in [0.1, 0.15) is 22.1 Å². The van der Waals surface area contributed by atoms with Crippen LogP contribution in [0.5, 0.6) is 11.5 Å². The fraction of sp³-hybridized carbons (Fsp3) is 0.460. The van der Waals surface area contributed by atoms with Gasteiger partial charge in [0.15, 0.2) is 11.4 Å². The molecule has 352 valence electrons. The number of carbonyl (C=O) groups excluding carboxylic acids is 1. The molecular formula is C50H57FN8O7S. The summed E-state index contributed by atoms with van der Waals surface area (Å²) < 4.78 is 50.7. The molecule has 1 spiro atoms. The number of nitrogens with one attached hydrogen (secondary N) is 3. The van der Waals surface area contributed by atoms with E-state index in [0.29, 0.717) is 50.1 Å². The summed E-state index contributed by atoms with van der Waals surface area (Å²) in [6, 6.07) is 16.5. The quantitative estimate of drug-likeness (QED) is 0.0499. The number of terminal acetylenes is 1. The summed E-state index contributed by atoms with van der Waals surface area (Å²) in [5.74, 6) is 1.71. The van der Waals surface area contributed by atoms with Gasteiger partial charge in [-0.15, -0.1) is 6.42 Å². The number of aromatic nitrogens is 3. The molecule has 2 aromatic carbocycles. The van der Waals surface area contributed by atoms with Crippen molar-refractivity contribution in [2.24, 2.45) is 11.3 Å². The number of nitro groups is 1. The number of piperidine rings is 1. The van der Waals surface area contributed by atoms with Crippen LogP contribution in [0.15, 0.2) is 71.9 Å². The van der Waals surface area contributed by atoms with E-state index in [1.807, 2.05) is 4.72 Å². The van der Waals surface area contributed by atoms with E-state index in [-0.39, 0.29) is 50.9 Å². The van der Waals surface area contributed by atoms with E-state index in [9.17, 15) is 32.8 Å². The van der Waals surface area contributed by atoms with Crippen molar-refractivity contribution in [3.05, 3.63) is 105 Å². The number of pyridine rings is 2. The average molecular weight is 933 g/mol. The first-order valence-corrected chi connectivity index (χ1v) is 24.7. The number of nitrogens with zero attached hydrogens (tertiary/aromatic N) is 5. The van der Waals surface area contributed by atoms with Crippen molar-refractivity contribution in [1.29, 1.82) is 0 Å². The van der Waals surface area contributed by atoms with Gasteiger partial charge in [-0.05, 0) is 117 Å². The lowest BCUT2D eigenvalue weighted by Crippen LogP contribution is -2.63. The molecule has 0 unspecified atom stereocenters. The highest BCUT2D eigenvalue weighted by Gasteiger charge is 2.49. The zero-order valence-electron chi connectivity index (χ0n) is 38.1. The number of benzene rings is 2. The number of sulfonamides is 1. The highest BCUT2D eigenvalue weighted by Crippen LogP contribution is 2.49. The lowest BCUT2D eigenvalue weighted by atomic mass is 9.70. The van der Waals surface area contributed by atoms with Crippen LogP contribution in [0.2, 0.25) is 0 Å². The first-order chi connectivity index (χ1) is 32.0. The number of amides is 1. The highest BCUT2D eigenvalue weighted by molar-refractivity contribution is 7.90. The van der Waals surface area contributed by atoms with Crippen LogP contribution in [-0.4, -0.2) is 88.6 Å². The predicted octanol–water partition coefficient (Wildman–Crippen LogP) is 8.61. The summed E-state index contributed by atoms with van der Waals surface area (Å²) in [6.07, 6.45) is 16.1. The van der Waals surface area contributed by atoms with Gasteiger partial charge in [0, 0.05) is 62.8 Å². The number of rotatable bonds is 13. The maximum atomic E-state index is 14.8. The maximum Gasteiger partial charge on any atom is 0.312 e. The van der Waals surface area contributed by atoms with Crippen LogP contribution in [0, 0.1) is 39.6 Å². The Balaban J connectivity index is 0.929. The number of ether oxygens (including phenoxy) is 1. The summed E-state index contributed by atoms with van der Waals surface area (Å²) in [4.78, 5) is 40.9. The van der Waals surface area contributed by atoms with Gasteiger partial charge in [0.2, 0.25) is 5.82 Å². The molecule has 2 saturated heterocycles. The second-order valence-corrected chi connectivity index (χ2v) is 21.3. The Bertz CT molecular complexity index is 2850. The molecule has 1 amide bonds. The van der Waals surface area contributed by atoms with E-state index in [4.69, 9.17) is 11.2 Å². The van der Waals surface area contributed by atoms with Gasteiger partial charge >= 0.3 is 5.69 Å². The molecule has 5 heterocycles. The molecule has 4 aliphatic rings. The van der Waals surface area contributed by atoms with Crippen LogP contribution in [0.3, 0.4) is 0 Å². The number of halogens is 1. The van der Waals surface area contributed by atoms with Crippen molar-refractivity contribution in [1.82, 2.24) is 24.6 Å². The number of aliphatic hydroxyl groups is 1. The van der Waals surface area contributed by atoms with Crippen molar-refractivity contribution < 1.29 is 32.4 Å². The Morgan fingerprint density at radius 1 is 1.07 bits per heavy atom. The molecule has 2 atom stereocenters. The molecule has 0 bridgehead atoms. The Morgan fingerprint density at radius 2 is 1.82 bits per heavy atom. The third kappa shape index (κ3) is 9.44. The number of H-pyrrole nitrogens is 1. The highest BCUT2D eigenvalue weighted by atomic mass is 32.2. The van der Waals surface area contributed by atoms with E-state index < -0.39 is 42.9 Å². The molecule has 67 heavy (non-hydrogen) atoms. The second-order valence-electron chi connectivity index (χ2n) is 19.6. The standard InChI is InChI=1S/C50H57FN8O7S/c1-5-41-45(25-39-40(51)28-54-46(39)55-41)66-44-23-33(57-21-19-50(20-22-57)29-58(30-50)42-12-8-11-37(42)36-10-7-6-9-35(36)31(2)3)13-14-38(44)48(60)56-67(64,65)34-24-43(59(62)63)47(53-27-34)52-26-32-15-17-49(4,61)18-16-32/h1,6-7,9-10,13-14,23-25,27-28,31-32,37,42,61H,8,11-12,15-22,26,29-30H2,2-4H3,(H,52,53)(H,54,55)(H,56,60)/t32?,37-,42-,49?/m0/s1. The molecule has 5 aromatic rings. The summed E-state index contributed by atoms with van der Waals surface area (Å²) in [7, 11) is -4.73. The van der Waals surface area contributed by atoms with Crippen molar-refractivity contribution in [3.63, 3.8) is 0 Å². The van der Waals surface area contributed by atoms with Gasteiger partial charge in [-0.1, -0.05) is 44.5 Å². The van der Waals surface area contributed by atoms with Crippen molar-refractivity contribution in [3.8, 4) is 23.8 Å². The second kappa shape index (κ2) is 18.2. The molecule has 0 radical (unpaired) electrons. The van der Waals surface area contributed by atoms with Gasteiger partial charge in [-0.3, -0.25) is 19.8 Å². The van der Waals surface area contributed by atoms with E-state index in [2.05, 4.69) is 74.1 Å². The van der Waals surface area contributed by atoms with Crippen molar-refractivity contribution >= 4 is 44.2 Å². The first-order valence-electron chi connectivity index (χ1n) is 23.2. The lowest BCUT2D eigenvalue weighted by molar-refractivity contribution is -0.384. The predicted molar refractivity (Wildman–Crippen MR) is 253 cm³/mol. The minimum atomic E-state index is -4.73. The largest absolute Gasteiger partial charge is 0.453 e. The third-order valence-corrected chi connectivity index (χ3v) is 16.0. The molecule has 17 heteroatoms. The molecule has 2 aliphatic heterocycles. The Hall–Kier alpha value is -6.09. The summed E-state index contributed by atoms with van der Waals surface area (Å²) >= 11 is 0. The number of anilines is 2. The summed E-state index contributed by atoms with van der Waals surface area (Å²) in [5.41, 5.74) is 2.58. The number of likely N-dealkylation sites (tertiary alicyclic amines) is 1. The van der Waals surface area contributed by atoms with Gasteiger partial charge in [-0.2, -0.15) is 0 Å².